The van der Waals surface area contributed by atoms with Crippen LogP contribution < -0.4 is 0 Å². The van der Waals surface area contributed by atoms with Gasteiger partial charge in [0.1, 0.15) is 6.10 Å². The van der Waals surface area contributed by atoms with Crippen LogP contribution in [0.1, 0.15) is 37.7 Å². The van der Waals surface area contributed by atoms with Crippen molar-refractivity contribution in [3.05, 3.63) is 46.0 Å². The molecular weight excluding hydrogens is 258 g/mol. The first-order chi connectivity index (χ1) is 9.65. The van der Waals surface area contributed by atoms with Crippen LogP contribution >= 0.6 is 0 Å². The first kappa shape index (κ1) is 14.2. The Labute approximate surface area is 117 Å². The number of nitro benzene ring substituents is 1. The van der Waals surface area contributed by atoms with E-state index in [1.807, 2.05) is 0 Å². The lowest BCUT2D eigenvalue weighted by Crippen LogP contribution is -2.19. The Hall–Kier alpha value is -2.17. The van der Waals surface area contributed by atoms with Crippen LogP contribution in [0.5, 0.6) is 0 Å². The second-order valence-corrected chi connectivity index (χ2v) is 4.88. The molecule has 0 aliphatic heterocycles. The molecule has 0 amide bonds. The molecule has 0 atom stereocenters. The highest BCUT2D eigenvalue weighted by Crippen LogP contribution is 2.20. The topological polar surface area (TPSA) is 69.4 Å². The van der Waals surface area contributed by atoms with Gasteiger partial charge in [0.05, 0.1) is 4.92 Å². The van der Waals surface area contributed by atoms with Gasteiger partial charge in [0.25, 0.3) is 5.69 Å². The molecule has 5 nitrogen and oxygen atoms in total. The fraction of sp³-hybridized carbons (Fsp3) is 0.400. The number of benzene rings is 1. The number of hydrogen-bond donors (Lipinski definition) is 0. The number of carbonyl (C=O) groups excluding carboxylic acids is 1. The van der Waals surface area contributed by atoms with Gasteiger partial charge in [-0.05, 0) is 49.5 Å². The summed E-state index contributed by atoms with van der Waals surface area (Å²) in [5.74, 6) is -0.352. The van der Waals surface area contributed by atoms with Gasteiger partial charge in [0.2, 0.25) is 0 Å². The molecule has 1 saturated carbocycles. The molecule has 106 valence electrons. The highest BCUT2D eigenvalue weighted by atomic mass is 16.6. The first-order valence-corrected chi connectivity index (χ1v) is 6.78. The molecule has 2 rings (SSSR count). The van der Waals surface area contributed by atoms with E-state index < -0.39 is 4.92 Å². The van der Waals surface area contributed by atoms with Crippen molar-refractivity contribution in [1.82, 2.24) is 0 Å². The number of ether oxygens (including phenoxy) is 1. The van der Waals surface area contributed by atoms with Crippen LogP contribution in [0.4, 0.5) is 5.69 Å². The normalized spacial score (nSPS) is 16.2. The standard InChI is InChI=1S/C15H17NO4/c17-15(20-14-4-2-1-3-5-14)11-8-12-6-9-13(10-7-12)16(18)19/h6-11,14H,1-5H2. The van der Waals surface area contributed by atoms with Gasteiger partial charge in [-0.1, -0.05) is 6.42 Å². The molecule has 0 N–H and O–H groups in total. The minimum Gasteiger partial charge on any atom is -0.459 e. The molecule has 20 heavy (non-hydrogen) atoms. The van der Waals surface area contributed by atoms with Gasteiger partial charge in [-0.15, -0.1) is 0 Å². The Morgan fingerprint density at radius 2 is 1.85 bits per heavy atom. The lowest BCUT2D eigenvalue weighted by molar-refractivity contribution is -0.384. The average Bonchev–Trinajstić information content (AvgIpc) is 2.46. The summed E-state index contributed by atoms with van der Waals surface area (Å²) in [5.41, 5.74) is 0.767. The van der Waals surface area contributed by atoms with Crippen LogP contribution in [0, 0.1) is 10.1 Å². The zero-order valence-corrected chi connectivity index (χ0v) is 11.2. The van der Waals surface area contributed by atoms with Crippen LogP contribution in [0.2, 0.25) is 0 Å². The lowest BCUT2D eigenvalue weighted by atomic mass is 9.98. The van der Waals surface area contributed by atoms with Crippen molar-refractivity contribution in [1.29, 1.82) is 0 Å². The molecule has 0 unspecified atom stereocenters. The molecular formula is C15H17NO4. The maximum absolute atomic E-state index is 11.6. The molecule has 0 bridgehead atoms. The molecule has 1 aliphatic carbocycles. The maximum atomic E-state index is 11.6. The van der Waals surface area contributed by atoms with E-state index in [4.69, 9.17) is 4.74 Å². The van der Waals surface area contributed by atoms with Gasteiger partial charge in [-0.25, -0.2) is 4.79 Å². The van der Waals surface area contributed by atoms with Crippen LogP contribution in [-0.4, -0.2) is 17.0 Å². The Morgan fingerprint density at radius 3 is 2.45 bits per heavy atom. The van der Waals surface area contributed by atoms with Crippen LogP contribution in [0.15, 0.2) is 30.3 Å². The zero-order chi connectivity index (χ0) is 14.4. The SMILES string of the molecule is O=C(C=Cc1ccc([N+](=O)[O-])cc1)OC1CCCCC1. The summed E-state index contributed by atoms with van der Waals surface area (Å²) in [4.78, 5) is 21.7. The second-order valence-electron chi connectivity index (χ2n) is 4.88. The van der Waals surface area contributed by atoms with E-state index in [9.17, 15) is 14.9 Å². The van der Waals surface area contributed by atoms with E-state index >= 15 is 0 Å². The third-order valence-corrected chi connectivity index (χ3v) is 3.35. The van der Waals surface area contributed by atoms with E-state index in [2.05, 4.69) is 0 Å². The molecule has 1 aromatic carbocycles. The van der Waals surface area contributed by atoms with Crippen LogP contribution in [-0.2, 0) is 9.53 Å². The lowest BCUT2D eigenvalue weighted by Gasteiger charge is -2.20. The van der Waals surface area contributed by atoms with Crippen molar-refractivity contribution in [3.8, 4) is 0 Å². The largest absolute Gasteiger partial charge is 0.459 e. The predicted molar refractivity (Wildman–Crippen MR) is 75.1 cm³/mol. The van der Waals surface area contributed by atoms with Gasteiger partial charge in [0, 0.05) is 18.2 Å². The zero-order valence-electron chi connectivity index (χ0n) is 11.2. The Kier molecular flexibility index (Phi) is 4.87. The second kappa shape index (κ2) is 6.84. The number of esters is 1. The van der Waals surface area contributed by atoms with Crippen LogP contribution in [0.25, 0.3) is 6.08 Å². The molecule has 1 aromatic rings. The van der Waals surface area contributed by atoms with Gasteiger partial charge < -0.3 is 4.74 Å². The summed E-state index contributed by atoms with van der Waals surface area (Å²) < 4.78 is 5.34. The number of nitro groups is 1. The molecule has 1 aliphatic rings. The van der Waals surface area contributed by atoms with E-state index in [0.717, 1.165) is 31.2 Å². The van der Waals surface area contributed by atoms with Crippen molar-refractivity contribution >= 4 is 17.7 Å². The van der Waals surface area contributed by atoms with Crippen molar-refractivity contribution in [3.63, 3.8) is 0 Å². The highest BCUT2D eigenvalue weighted by Gasteiger charge is 2.16. The predicted octanol–water partition coefficient (Wildman–Crippen LogP) is 3.48. The quantitative estimate of drug-likeness (QED) is 0.365. The molecule has 0 saturated heterocycles. The smallest absolute Gasteiger partial charge is 0.331 e. The first-order valence-electron chi connectivity index (χ1n) is 6.78. The number of hydrogen-bond acceptors (Lipinski definition) is 4. The Morgan fingerprint density at radius 1 is 1.20 bits per heavy atom. The van der Waals surface area contributed by atoms with E-state index in [-0.39, 0.29) is 17.8 Å². The molecule has 1 fully saturated rings. The van der Waals surface area contributed by atoms with Crippen molar-refractivity contribution in [2.45, 2.75) is 38.2 Å². The summed E-state index contributed by atoms with van der Waals surface area (Å²) in [6, 6.07) is 6.02. The number of carbonyl (C=O) groups is 1. The fourth-order valence-electron chi connectivity index (χ4n) is 2.26. The van der Waals surface area contributed by atoms with Gasteiger partial charge in [-0.2, -0.15) is 0 Å². The number of rotatable bonds is 4. The molecule has 0 heterocycles. The Bertz CT molecular complexity index is 501. The van der Waals surface area contributed by atoms with Gasteiger partial charge in [-0.3, -0.25) is 10.1 Å². The third kappa shape index (κ3) is 4.19. The summed E-state index contributed by atoms with van der Waals surface area (Å²) in [7, 11) is 0. The molecule has 0 aromatic heterocycles. The molecule has 0 spiro atoms. The van der Waals surface area contributed by atoms with E-state index in [1.54, 1.807) is 18.2 Å². The summed E-state index contributed by atoms with van der Waals surface area (Å²) >= 11 is 0. The minimum atomic E-state index is -0.454. The maximum Gasteiger partial charge on any atom is 0.331 e. The molecule has 0 radical (unpaired) electrons. The summed E-state index contributed by atoms with van der Waals surface area (Å²) in [5, 5.41) is 10.5. The Balaban J connectivity index is 1.87. The van der Waals surface area contributed by atoms with E-state index in [1.165, 1.54) is 24.6 Å². The van der Waals surface area contributed by atoms with E-state index in [0.29, 0.717) is 0 Å². The highest BCUT2D eigenvalue weighted by molar-refractivity contribution is 5.87. The third-order valence-electron chi connectivity index (χ3n) is 3.35. The number of non-ortho nitro benzene ring substituents is 1. The average molecular weight is 275 g/mol. The van der Waals surface area contributed by atoms with Crippen molar-refractivity contribution in [2.75, 3.05) is 0 Å². The summed E-state index contributed by atoms with van der Waals surface area (Å²) in [6.45, 7) is 0. The van der Waals surface area contributed by atoms with Crippen LogP contribution in [0.3, 0.4) is 0 Å². The fourth-order valence-corrected chi connectivity index (χ4v) is 2.26. The minimum absolute atomic E-state index is 0.0342. The summed E-state index contributed by atoms with van der Waals surface area (Å²) in [6.07, 6.45) is 8.34. The number of nitrogens with zero attached hydrogens (tertiary/aromatic N) is 1. The van der Waals surface area contributed by atoms with Gasteiger partial charge in [0.15, 0.2) is 0 Å². The monoisotopic (exact) mass is 275 g/mol. The molecule has 5 heteroatoms. The van der Waals surface area contributed by atoms with Gasteiger partial charge >= 0.3 is 5.97 Å². The van der Waals surface area contributed by atoms with Crippen molar-refractivity contribution < 1.29 is 14.5 Å². The van der Waals surface area contributed by atoms with Crippen molar-refractivity contribution in [2.24, 2.45) is 0 Å².